The van der Waals surface area contributed by atoms with Crippen LogP contribution in [0.5, 0.6) is 5.75 Å². The second kappa shape index (κ2) is 9.83. The lowest BCUT2D eigenvalue weighted by atomic mass is 10.2. The summed E-state index contributed by atoms with van der Waals surface area (Å²) < 4.78 is 28.5. The van der Waals surface area contributed by atoms with Gasteiger partial charge in [-0.2, -0.15) is 8.78 Å². The molecule has 0 spiro atoms. The van der Waals surface area contributed by atoms with Crippen LogP contribution in [-0.2, 0) is 17.9 Å². The quantitative estimate of drug-likeness (QED) is 0.735. The first kappa shape index (κ1) is 19.8. The molecule has 0 aliphatic rings. The van der Waals surface area contributed by atoms with Gasteiger partial charge in [0.05, 0.1) is 13.1 Å². The van der Waals surface area contributed by atoms with Gasteiger partial charge >= 0.3 is 12.6 Å². The number of imide groups is 1. The van der Waals surface area contributed by atoms with Crippen LogP contribution in [0.4, 0.5) is 13.6 Å². The molecule has 0 fully saturated rings. The molecule has 140 valence electrons. The highest BCUT2D eigenvalue weighted by atomic mass is 32.1. The predicted octanol–water partition coefficient (Wildman–Crippen LogP) is 2.81. The monoisotopic (exact) mass is 383 g/mol. The van der Waals surface area contributed by atoms with E-state index in [4.69, 9.17) is 0 Å². The SMILES string of the molecule is CN(CC(=O)NC(=O)NCc1cccs1)Cc1ccc(OC(F)F)cc1. The number of urea groups is 1. The fourth-order valence-electron chi connectivity index (χ4n) is 2.18. The van der Waals surface area contributed by atoms with Gasteiger partial charge in [0.25, 0.3) is 0 Å². The van der Waals surface area contributed by atoms with E-state index in [9.17, 15) is 18.4 Å². The zero-order chi connectivity index (χ0) is 18.9. The molecule has 0 saturated carbocycles. The van der Waals surface area contributed by atoms with Crippen LogP contribution in [0.3, 0.4) is 0 Å². The number of nitrogens with zero attached hydrogens (tertiary/aromatic N) is 1. The first-order valence-electron chi connectivity index (χ1n) is 7.74. The summed E-state index contributed by atoms with van der Waals surface area (Å²) in [6.07, 6.45) is 0. The van der Waals surface area contributed by atoms with Gasteiger partial charge in [-0.1, -0.05) is 18.2 Å². The van der Waals surface area contributed by atoms with Gasteiger partial charge in [-0.3, -0.25) is 15.0 Å². The van der Waals surface area contributed by atoms with Gasteiger partial charge < -0.3 is 10.1 Å². The smallest absolute Gasteiger partial charge is 0.387 e. The number of ether oxygens (including phenoxy) is 1. The first-order chi connectivity index (χ1) is 12.4. The summed E-state index contributed by atoms with van der Waals surface area (Å²) >= 11 is 1.51. The molecule has 3 amide bonds. The first-order valence-corrected chi connectivity index (χ1v) is 8.62. The second-order valence-electron chi connectivity index (χ2n) is 5.50. The zero-order valence-electron chi connectivity index (χ0n) is 14.1. The van der Waals surface area contributed by atoms with Crippen LogP contribution in [0.1, 0.15) is 10.4 Å². The molecule has 0 radical (unpaired) electrons. The van der Waals surface area contributed by atoms with Crippen LogP contribution in [0, 0.1) is 0 Å². The molecule has 1 aromatic carbocycles. The van der Waals surface area contributed by atoms with E-state index in [0.29, 0.717) is 13.1 Å². The predicted molar refractivity (Wildman–Crippen MR) is 94.1 cm³/mol. The summed E-state index contributed by atoms with van der Waals surface area (Å²) in [5.74, 6) is -0.361. The fourth-order valence-corrected chi connectivity index (χ4v) is 2.82. The Morgan fingerprint density at radius 2 is 1.96 bits per heavy atom. The third kappa shape index (κ3) is 7.16. The van der Waals surface area contributed by atoms with E-state index in [1.54, 1.807) is 24.1 Å². The van der Waals surface area contributed by atoms with E-state index in [2.05, 4.69) is 15.4 Å². The van der Waals surface area contributed by atoms with Crippen LogP contribution in [0.25, 0.3) is 0 Å². The lowest BCUT2D eigenvalue weighted by molar-refractivity contribution is -0.121. The molecule has 2 rings (SSSR count). The molecule has 2 aromatic rings. The Morgan fingerprint density at radius 3 is 2.58 bits per heavy atom. The molecule has 9 heteroatoms. The van der Waals surface area contributed by atoms with Gasteiger partial charge in [0.15, 0.2) is 0 Å². The van der Waals surface area contributed by atoms with Crippen LogP contribution >= 0.6 is 11.3 Å². The van der Waals surface area contributed by atoms with Gasteiger partial charge in [0.1, 0.15) is 5.75 Å². The Bertz CT molecular complexity index is 709. The number of thiophene rings is 1. The summed E-state index contributed by atoms with van der Waals surface area (Å²) in [5, 5.41) is 6.77. The van der Waals surface area contributed by atoms with Crippen molar-refractivity contribution in [2.45, 2.75) is 19.7 Å². The molecule has 0 aliphatic carbocycles. The molecule has 0 aliphatic heterocycles. The van der Waals surface area contributed by atoms with Gasteiger partial charge in [0.2, 0.25) is 5.91 Å². The number of likely N-dealkylation sites (N-methyl/N-ethyl adjacent to an activating group) is 1. The van der Waals surface area contributed by atoms with Gasteiger partial charge in [-0.25, -0.2) is 4.79 Å². The van der Waals surface area contributed by atoms with Gasteiger partial charge in [-0.05, 0) is 36.2 Å². The van der Waals surface area contributed by atoms with Crippen molar-refractivity contribution >= 4 is 23.3 Å². The van der Waals surface area contributed by atoms with Crippen LogP contribution in [-0.4, -0.2) is 37.0 Å². The van der Waals surface area contributed by atoms with E-state index >= 15 is 0 Å². The van der Waals surface area contributed by atoms with Crippen molar-refractivity contribution in [2.24, 2.45) is 0 Å². The highest BCUT2D eigenvalue weighted by Gasteiger charge is 2.11. The van der Waals surface area contributed by atoms with E-state index in [1.807, 2.05) is 17.5 Å². The number of halogens is 2. The number of alkyl halides is 2. The van der Waals surface area contributed by atoms with E-state index < -0.39 is 18.5 Å². The van der Waals surface area contributed by atoms with Crippen LogP contribution in [0.2, 0.25) is 0 Å². The molecule has 1 aromatic heterocycles. The molecule has 0 saturated heterocycles. The summed E-state index contributed by atoms with van der Waals surface area (Å²) in [6.45, 7) is -2.07. The van der Waals surface area contributed by atoms with Crippen molar-refractivity contribution in [1.29, 1.82) is 0 Å². The molecular formula is C17H19F2N3O3S. The van der Waals surface area contributed by atoms with E-state index in [0.717, 1.165) is 10.4 Å². The summed E-state index contributed by atoms with van der Waals surface area (Å²) in [7, 11) is 1.71. The van der Waals surface area contributed by atoms with Gasteiger partial charge in [0, 0.05) is 11.4 Å². The molecule has 2 N–H and O–H groups in total. The van der Waals surface area contributed by atoms with Crippen molar-refractivity contribution in [3.63, 3.8) is 0 Å². The Labute approximate surface area is 153 Å². The average molecular weight is 383 g/mol. The highest BCUT2D eigenvalue weighted by Crippen LogP contribution is 2.15. The lowest BCUT2D eigenvalue weighted by Gasteiger charge is -2.16. The minimum atomic E-state index is -2.86. The zero-order valence-corrected chi connectivity index (χ0v) is 14.9. The van der Waals surface area contributed by atoms with E-state index in [-0.39, 0.29) is 12.3 Å². The number of benzene rings is 1. The molecule has 26 heavy (non-hydrogen) atoms. The Kier molecular flexibility index (Phi) is 7.49. The van der Waals surface area contributed by atoms with Crippen molar-refractivity contribution in [1.82, 2.24) is 15.5 Å². The minimum absolute atomic E-state index is 0.0156. The van der Waals surface area contributed by atoms with Crippen molar-refractivity contribution in [3.05, 3.63) is 52.2 Å². The number of amides is 3. The largest absolute Gasteiger partial charge is 0.435 e. The Morgan fingerprint density at radius 1 is 1.23 bits per heavy atom. The lowest BCUT2D eigenvalue weighted by Crippen LogP contribution is -2.43. The maximum atomic E-state index is 12.1. The highest BCUT2D eigenvalue weighted by molar-refractivity contribution is 7.09. The summed E-state index contributed by atoms with van der Waals surface area (Å²) in [5.41, 5.74) is 0.823. The summed E-state index contributed by atoms with van der Waals surface area (Å²) in [6, 6.07) is 9.37. The number of hydrogen-bond acceptors (Lipinski definition) is 5. The second-order valence-corrected chi connectivity index (χ2v) is 6.54. The molecule has 0 bridgehead atoms. The number of hydrogen-bond donors (Lipinski definition) is 2. The van der Waals surface area contributed by atoms with Crippen LogP contribution < -0.4 is 15.4 Å². The summed E-state index contributed by atoms with van der Waals surface area (Å²) in [4.78, 5) is 26.2. The Balaban J connectivity index is 1.71. The van der Waals surface area contributed by atoms with E-state index in [1.165, 1.54) is 23.5 Å². The maximum absolute atomic E-state index is 12.1. The maximum Gasteiger partial charge on any atom is 0.387 e. The number of rotatable bonds is 8. The minimum Gasteiger partial charge on any atom is -0.435 e. The molecular weight excluding hydrogens is 364 g/mol. The fraction of sp³-hybridized carbons (Fsp3) is 0.294. The number of nitrogens with one attached hydrogen (secondary N) is 2. The van der Waals surface area contributed by atoms with Gasteiger partial charge in [-0.15, -0.1) is 11.3 Å². The topological polar surface area (TPSA) is 70.7 Å². The standard InChI is InChI=1S/C17H19F2N3O3S/c1-22(10-12-4-6-13(7-5-12)25-16(18)19)11-15(23)21-17(24)20-9-14-3-2-8-26-14/h2-8,16H,9-11H2,1H3,(H2,20,21,23,24). The van der Waals surface area contributed by atoms with Crippen molar-refractivity contribution in [2.75, 3.05) is 13.6 Å². The average Bonchev–Trinajstić information content (AvgIpc) is 3.07. The molecule has 1 heterocycles. The Hall–Kier alpha value is -2.52. The number of carbonyl (C=O) groups excluding carboxylic acids is 2. The van der Waals surface area contributed by atoms with Crippen LogP contribution in [0.15, 0.2) is 41.8 Å². The number of carbonyl (C=O) groups is 2. The normalized spacial score (nSPS) is 10.8. The molecule has 0 unspecified atom stereocenters. The third-order valence-electron chi connectivity index (χ3n) is 3.27. The molecule has 0 atom stereocenters. The third-order valence-corrected chi connectivity index (χ3v) is 4.15. The van der Waals surface area contributed by atoms with Crippen molar-refractivity contribution < 1.29 is 23.1 Å². The van der Waals surface area contributed by atoms with Crippen molar-refractivity contribution in [3.8, 4) is 5.75 Å². The molecule has 6 nitrogen and oxygen atoms in total.